The highest BCUT2D eigenvalue weighted by molar-refractivity contribution is 5.63. The molecule has 16 heavy (non-hydrogen) atoms. The molecule has 0 amide bonds. The average molecular weight is 215 g/mol. The van der Waals surface area contributed by atoms with Crippen LogP contribution in [0.5, 0.6) is 5.75 Å². The van der Waals surface area contributed by atoms with Crippen LogP contribution in [0.25, 0.3) is 0 Å². The molecule has 2 aromatic rings. The van der Waals surface area contributed by atoms with Gasteiger partial charge in [-0.1, -0.05) is 0 Å². The maximum absolute atomic E-state index is 5.07. The van der Waals surface area contributed by atoms with E-state index < -0.39 is 0 Å². The summed E-state index contributed by atoms with van der Waals surface area (Å²) in [6.45, 7) is 0.728. The van der Waals surface area contributed by atoms with Gasteiger partial charge in [-0.25, -0.2) is 4.98 Å². The number of benzene rings is 1. The molecule has 0 fully saturated rings. The standard InChI is InChI=1S/C12H13N3O/c1-16-12-4-2-11(3-5-12)14-7-9-15-8-6-13-10-15/h2-8,10H,9H2,1H3. The molecule has 4 nitrogen and oxygen atoms in total. The molecule has 0 saturated heterocycles. The zero-order valence-corrected chi connectivity index (χ0v) is 9.08. The first-order chi connectivity index (χ1) is 7.88. The summed E-state index contributed by atoms with van der Waals surface area (Å²) in [5, 5.41) is 0. The molecule has 0 atom stereocenters. The lowest BCUT2D eigenvalue weighted by Gasteiger charge is -1.99. The summed E-state index contributed by atoms with van der Waals surface area (Å²) in [7, 11) is 1.65. The Morgan fingerprint density at radius 1 is 1.38 bits per heavy atom. The number of hydrogen-bond acceptors (Lipinski definition) is 3. The van der Waals surface area contributed by atoms with Gasteiger partial charge < -0.3 is 9.30 Å². The van der Waals surface area contributed by atoms with Crippen molar-refractivity contribution in [1.82, 2.24) is 9.55 Å². The van der Waals surface area contributed by atoms with E-state index in [-0.39, 0.29) is 0 Å². The maximum atomic E-state index is 5.07. The molecular formula is C12H13N3O. The summed E-state index contributed by atoms with van der Waals surface area (Å²) < 4.78 is 7.02. The predicted molar refractivity (Wildman–Crippen MR) is 63.4 cm³/mol. The van der Waals surface area contributed by atoms with E-state index in [1.165, 1.54) is 0 Å². The van der Waals surface area contributed by atoms with Crippen LogP contribution < -0.4 is 4.74 Å². The van der Waals surface area contributed by atoms with Gasteiger partial charge in [0, 0.05) is 18.6 Å². The van der Waals surface area contributed by atoms with Crippen LogP contribution in [0.15, 0.2) is 48.0 Å². The third kappa shape index (κ3) is 2.70. The molecule has 0 radical (unpaired) electrons. The van der Waals surface area contributed by atoms with E-state index >= 15 is 0 Å². The lowest BCUT2D eigenvalue weighted by atomic mass is 10.3. The Hall–Kier alpha value is -2.10. The number of aliphatic imine (C=N–C) groups is 1. The van der Waals surface area contributed by atoms with Crippen molar-refractivity contribution in [2.75, 3.05) is 7.11 Å². The van der Waals surface area contributed by atoms with Gasteiger partial charge in [0.05, 0.1) is 25.7 Å². The second-order valence-corrected chi connectivity index (χ2v) is 3.27. The summed E-state index contributed by atoms with van der Waals surface area (Å²) in [6.07, 6.45) is 7.27. The van der Waals surface area contributed by atoms with E-state index in [4.69, 9.17) is 4.74 Å². The fourth-order valence-corrected chi connectivity index (χ4v) is 1.30. The summed E-state index contributed by atoms with van der Waals surface area (Å²) in [6, 6.07) is 7.63. The minimum Gasteiger partial charge on any atom is -0.497 e. The zero-order valence-electron chi connectivity index (χ0n) is 9.08. The smallest absolute Gasteiger partial charge is 0.119 e. The third-order valence-corrected chi connectivity index (χ3v) is 2.16. The van der Waals surface area contributed by atoms with Gasteiger partial charge in [0.15, 0.2) is 0 Å². The summed E-state index contributed by atoms with van der Waals surface area (Å²) in [5.41, 5.74) is 0.918. The van der Waals surface area contributed by atoms with Crippen molar-refractivity contribution in [2.45, 2.75) is 6.54 Å². The number of rotatable bonds is 4. The lowest BCUT2D eigenvalue weighted by molar-refractivity contribution is 0.415. The van der Waals surface area contributed by atoms with E-state index in [9.17, 15) is 0 Å². The quantitative estimate of drug-likeness (QED) is 0.734. The van der Waals surface area contributed by atoms with Crippen LogP contribution >= 0.6 is 0 Å². The largest absolute Gasteiger partial charge is 0.497 e. The van der Waals surface area contributed by atoms with Crippen LogP contribution in [0.4, 0.5) is 5.69 Å². The van der Waals surface area contributed by atoms with E-state index in [2.05, 4.69) is 9.98 Å². The molecule has 2 rings (SSSR count). The summed E-state index contributed by atoms with van der Waals surface area (Å²) >= 11 is 0. The molecule has 0 aliphatic rings. The van der Waals surface area contributed by atoms with Crippen LogP contribution in [-0.2, 0) is 6.54 Å². The van der Waals surface area contributed by atoms with E-state index in [1.54, 1.807) is 19.6 Å². The molecule has 1 aromatic carbocycles. The molecule has 1 heterocycles. The van der Waals surface area contributed by atoms with Crippen molar-refractivity contribution in [3.05, 3.63) is 43.0 Å². The highest BCUT2D eigenvalue weighted by atomic mass is 16.5. The second kappa shape index (κ2) is 5.11. The molecule has 82 valence electrons. The topological polar surface area (TPSA) is 39.4 Å². The molecule has 0 aliphatic heterocycles. The van der Waals surface area contributed by atoms with Gasteiger partial charge in [0.25, 0.3) is 0 Å². The Labute approximate surface area is 94.2 Å². The van der Waals surface area contributed by atoms with E-state index in [0.717, 1.165) is 18.0 Å². The normalized spacial score (nSPS) is 10.8. The number of ether oxygens (including phenoxy) is 1. The summed E-state index contributed by atoms with van der Waals surface area (Å²) in [4.78, 5) is 8.28. The van der Waals surface area contributed by atoms with Crippen LogP contribution in [0.1, 0.15) is 0 Å². The molecular weight excluding hydrogens is 202 g/mol. The van der Waals surface area contributed by atoms with E-state index in [1.807, 2.05) is 41.2 Å². The second-order valence-electron chi connectivity index (χ2n) is 3.27. The lowest BCUT2D eigenvalue weighted by Crippen LogP contribution is -1.94. The molecule has 0 saturated carbocycles. The van der Waals surface area contributed by atoms with Crippen molar-refractivity contribution >= 4 is 11.9 Å². The monoisotopic (exact) mass is 215 g/mol. The summed E-state index contributed by atoms with van der Waals surface area (Å²) in [5.74, 6) is 0.841. The Balaban J connectivity index is 1.95. The van der Waals surface area contributed by atoms with E-state index in [0.29, 0.717) is 0 Å². The molecule has 0 N–H and O–H groups in total. The third-order valence-electron chi connectivity index (χ3n) is 2.16. The molecule has 0 bridgehead atoms. The van der Waals surface area contributed by atoms with Gasteiger partial charge in [-0.15, -0.1) is 0 Å². The van der Waals surface area contributed by atoms with Gasteiger partial charge in [-0.05, 0) is 24.3 Å². The minimum absolute atomic E-state index is 0.728. The Bertz CT molecular complexity index is 446. The van der Waals surface area contributed by atoms with Crippen LogP contribution in [-0.4, -0.2) is 22.9 Å². The van der Waals surface area contributed by atoms with Gasteiger partial charge in [-0.2, -0.15) is 0 Å². The molecule has 0 spiro atoms. The number of aromatic nitrogens is 2. The molecule has 1 aromatic heterocycles. The van der Waals surface area contributed by atoms with Gasteiger partial charge in [0.2, 0.25) is 0 Å². The highest BCUT2D eigenvalue weighted by Gasteiger charge is 1.90. The Morgan fingerprint density at radius 3 is 2.81 bits per heavy atom. The average Bonchev–Trinajstić information content (AvgIpc) is 2.83. The molecule has 0 aliphatic carbocycles. The van der Waals surface area contributed by atoms with Gasteiger partial charge in [-0.3, -0.25) is 4.99 Å². The molecule has 4 heteroatoms. The van der Waals surface area contributed by atoms with Crippen molar-refractivity contribution in [2.24, 2.45) is 4.99 Å². The SMILES string of the molecule is COc1ccc(N=CCn2ccnc2)cc1. The highest BCUT2D eigenvalue weighted by Crippen LogP contribution is 2.16. The predicted octanol–water partition coefficient (Wildman–Crippen LogP) is 2.29. The van der Waals surface area contributed by atoms with Crippen LogP contribution in [0.3, 0.4) is 0 Å². The Morgan fingerprint density at radius 2 is 2.19 bits per heavy atom. The number of imidazole rings is 1. The van der Waals surface area contributed by atoms with Crippen molar-refractivity contribution in [3.63, 3.8) is 0 Å². The van der Waals surface area contributed by atoms with Gasteiger partial charge in [0.1, 0.15) is 5.75 Å². The molecule has 0 unspecified atom stereocenters. The maximum Gasteiger partial charge on any atom is 0.119 e. The number of methoxy groups -OCH3 is 1. The number of nitrogens with zero attached hydrogens (tertiary/aromatic N) is 3. The Kier molecular flexibility index (Phi) is 3.33. The first-order valence-electron chi connectivity index (χ1n) is 5.01. The van der Waals surface area contributed by atoms with Crippen molar-refractivity contribution < 1.29 is 4.74 Å². The van der Waals surface area contributed by atoms with Crippen molar-refractivity contribution in [3.8, 4) is 5.75 Å². The fraction of sp³-hybridized carbons (Fsp3) is 0.167. The zero-order chi connectivity index (χ0) is 11.2. The number of hydrogen-bond donors (Lipinski definition) is 0. The van der Waals surface area contributed by atoms with Crippen molar-refractivity contribution in [1.29, 1.82) is 0 Å². The van der Waals surface area contributed by atoms with Crippen LogP contribution in [0.2, 0.25) is 0 Å². The van der Waals surface area contributed by atoms with Gasteiger partial charge >= 0.3 is 0 Å². The first kappa shape index (κ1) is 10.4. The minimum atomic E-state index is 0.728. The van der Waals surface area contributed by atoms with Crippen LogP contribution in [0, 0.1) is 0 Å². The first-order valence-corrected chi connectivity index (χ1v) is 5.01. The fourth-order valence-electron chi connectivity index (χ4n) is 1.30.